The first-order valence-electron chi connectivity index (χ1n) is 6.32. The molecular formula is C14H18N2O3S2. The van der Waals surface area contributed by atoms with E-state index in [1.54, 1.807) is 24.3 Å². The SMILES string of the molecule is COc1cc(C)c(N)cc1S(=O)(=O)NCc1ccc(C)s1. The van der Waals surface area contributed by atoms with Gasteiger partial charge in [0.25, 0.3) is 0 Å². The summed E-state index contributed by atoms with van der Waals surface area (Å²) in [7, 11) is -2.24. The lowest BCUT2D eigenvalue weighted by atomic mass is 10.2. The first-order chi connectivity index (χ1) is 9.83. The van der Waals surface area contributed by atoms with Crippen LogP contribution in [0.15, 0.2) is 29.2 Å². The first kappa shape index (κ1) is 15.8. The molecule has 3 N–H and O–H groups in total. The molecule has 1 heterocycles. The van der Waals surface area contributed by atoms with Gasteiger partial charge in [-0.25, -0.2) is 13.1 Å². The Morgan fingerprint density at radius 1 is 1.29 bits per heavy atom. The summed E-state index contributed by atoms with van der Waals surface area (Å²) in [6, 6.07) is 6.91. The van der Waals surface area contributed by atoms with E-state index in [0.717, 1.165) is 15.3 Å². The van der Waals surface area contributed by atoms with Gasteiger partial charge in [-0.15, -0.1) is 11.3 Å². The van der Waals surface area contributed by atoms with Crippen LogP contribution in [0.5, 0.6) is 5.75 Å². The van der Waals surface area contributed by atoms with Gasteiger partial charge >= 0.3 is 0 Å². The Morgan fingerprint density at radius 2 is 2.00 bits per heavy atom. The number of hydrogen-bond donors (Lipinski definition) is 2. The third kappa shape index (κ3) is 3.55. The van der Waals surface area contributed by atoms with Gasteiger partial charge in [-0.1, -0.05) is 0 Å². The predicted molar refractivity (Wildman–Crippen MR) is 85.2 cm³/mol. The molecule has 0 bridgehead atoms. The topological polar surface area (TPSA) is 81.4 Å². The van der Waals surface area contributed by atoms with E-state index in [-0.39, 0.29) is 17.2 Å². The maximum absolute atomic E-state index is 12.4. The lowest BCUT2D eigenvalue weighted by Gasteiger charge is -2.12. The van der Waals surface area contributed by atoms with Crippen molar-refractivity contribution in [2.45, 2.75) is 25.3 Å². The summed E-state index contributed by atoms with van der Waals surface area (Å²) in [5.74, 6) is 0.288. The highest BCUT2D eigenvalue weighted by atomic mass is 32.2. The van der Waals surface area contributed by atoms with Crippen LogP contribution in [0.25, 0.3) is 0 Å². The first-order valence-corrected chi connectivity index (χ1v) is 8.62. The Morgan fingerprint density at radius 3 is 2.57 bits per heavy atom. The molecule has 0 saturated heterocycles. The number of sulfonamides is 1. The molecule has 0 unspecified atom stereocenters. The molecule has 114 valence electrons. The number of benzene rings is 1. The Kier molecular flexibility index (Phi) is 4.55. The number of ether oxygens (including phenoxy) is 1. The second-order valence-corrected chi connectivity index (χ2v) is 7.80. The van der Waals surface area contributed by atoms with Gasteiger partial charge < -0.3 is 10.5 Å². The minimum Gasteiger partial charge on any atom is -0.495 e. The molecule has 0 radical (unpaired) electrons. The zero-order chi connectivity index (χ0) is 15.6. The summed E-state index contributed by atoms with van der Waals surface area (Å²) >= 11 is 1.56. The maximum Gasteiger partial charge on any atom is 0.244 e. The Balaban J connectivity index is 2.28. The molecular weight excluding hydrogens is 308 g/mol. The average molecular weight is 326 g/mol. The molecule has 0 atom stereocenters. The van der Waals surface area contributed by atoms with Gasteiger partial charge in [-0.3, -0.25) is 0 Å². The minimum absolute atomic E-state index is 0.0568. The van der Waals surface area contributed by atoms with Crippen molar-refractivity contribution in [1.82, 2.24) is 4.72 Å². The molecule has 0 aliphatic rings. The van der Waals surface area contributed by atoms with Crippen LogP contribution >= 0.6 is 11.3 Å². The molecule has 0 aliphatic carbocycles. The highest BCUT2D eigenvalue weighted by Crippen LogP contribution is 2.29. The molecule has 0 saturated carbocycles. The fourth-order valence-corrected chi connectivity index (χ4v) is 3.98. The molecule has 0 fully saturated rings. The molecule has 1 aromatic heterocycles. The molecule has 1 aromatic carbocycles. The zero-order valence-electron chi connectivity index (χ0n) is 12.1. The van der Waals surface area contributed by atoms with Crippen molar-refractivity contribution in [2.75, 3.05) is 12.8 Å². The predicted octanol–water partition coefficient (Wildman–Crippen LogP) is 2.43. The Labute approximate surface area is 128 Å². The van der Waals surface area contributed by atoms with E-state index in [1.807, 2.05) is 19.1 Å². The van der Waals surface area contributed by atoms with Crippen molar-refractivity contribution in [1.29, 1.82) is 0 Å². The Bertz CT molecular complexity index is 752. The van der Waals surface area contributed by atoms with Gasteiger partial charge in [0, 0.05) is 22.0 Å². The van der Waals surface area contributed by atoms with Crippen molar-refractivity contribution in [3.63, 3.8) is 0 Å². The Hall–Kier alpha value is -1.57. The number of anilines is 1. The molecule has 7 heteroatoms. The van der Waals surface area contributed by atoms with Crippen LogP contribution in [-0.2, 0) is 16.6 Å². The van der Waals surface area contributed by atoms with Crippen molar-refractivity contribution in [3.8, 4) is 5.75 Å². The number of nitrogens with two attached hydrogens (primary N) is 1. The molecule has 2 aromatic rings. The van der Waals surface area contributed by atoms with Crippen LogP contribution in [0.4, 0.5) is 5.69 Å². The van der Waals surface area contributed by atoms with Crippen molar-refractivity contribution in [3.05, 3.63) is 39.6 Å². The third-order valence-corrected chi connectivity index (χ3v) is 5.50. The quantitative estimate of drug-likeness (QED) is 0.827. The van der Waals surface area contributed by atoms with Gasteiger partial charge in [0.05, 0.1) is 7.11 Å². The van der Waals surface area contributed by atoms with Gasteiger partial charge in [0.15, 0.2) is 0 Å². The number of thiophene rings is 1. The van der Waals surface area contributed by atoms with Crippen molar-refractivity contribution in [2.24, 2.45) is 0 Å². The summed E-state index contributed by atoms with van der Waals surface area (Å²) in [6.07, 6.45) is 0. The maximum atomic E-state index is 12.4. The highest BCUT2D eigenvalue weighted by Gasteiger charge is 2.20. The van der Waals surface area contributed by atoms with Gasteiger partial charge in [-0.05, 0) is 43.7 Å². The van der Waals surface area contributed by atoms with Crippen molar-refractivity contribution < 1.29 is 13.2 Å². The van der Waals surface area contributed by atoms with E-state index < -0.39 is 10.0 Å². The van der Waals surface area contributed by atoms with Gasteiger partial charge in [0.1, 0.15) is 10.6 Å². The molecule has 5 nitrogen and oxygen atoms in total. The number of methoxy groups -OCH3 is 1. The monoisotopic (exact) mass is 326 g/mol. The fraction of sp³-hybridized carbons (Fsp3) is 0.286. The number of aryl methyl sites for hydroxylation is 2. The molecule has 0 amide bonds. The van der Waals surface area contributed by atoms with Crippen molar-refractivity contribution >= 4 is 27.0 Å². The van der Waals surface area contributed by atoms with E-state index in [4.69, 9.17) is 10.5 Å². The van der Waals surface area contributed by atoms with Crippen LogP contribution in [-0.4, -0.2) is 15.5 Å². The summed E-state index contributed by atoms with van der Waals surface area (Å²) in [6.45, 7) is 4.03. The van der Waals surface area contributed by atoms with E-state index in [1.165, 1.54) is 13.2 Å². The summed E-state index contributed by atoms with van der Waals surface area (Å²) < 4.78 is 32.6. The minimum atomic E-state index is -3.68. The molecule has 2 rings (SSSR count). The smallest absolute Gasteiger partial charge is 0.244 e. The van der Waals surface area contributed by atoms with Gasteiger partial charge in [-0.2, -0.15) is 0 Å². The summed E-state index contributed by atoms with van der Waals surface area (Å²) in [5, 5.41) is 0. The van der Waals surface area contributed by atoms with E-state index in [0.29, 0.717) is 5.69 Å². The second-order valence-electron chi connectivity index (χ2n) is 4.70. The number of rotatable bonds is 5. The van der Waals surface area contributed by atoms with E-state index in [9.17, 15) is 8.42 Å². The number of nitrogen functional groups attached to an aromatic ring is 1. The van der Waals surface area contributed by atoms with Crippen LogP contribution < -0.4 is 15.2 Å². The van der Waals surface area contributed by atoms with Crippen LogP contribution in [0.1, 0.15) is 15.3 Å². The van der Waals surface area contributed by atoms with Crippen LogP contribution in [0.3, 0.4) is 0 Å². The lowest BCUT2D eigenvalue weighted by molar-refractivity contribution is 0.402. The largest absolute Gasteiger partial charge is 0.495 e. The molecule has 0 aliphatic heterocycles. The highest BCUT2D eigenvalue weighted by molar-refractivity contribution is 7.89. The van der Waals surface area contributed by atoms with E-state index >= 15 is 0 Å². The number of hydrogen-bond acceptors (Lipinski definition) is 5. The summed E-state index contributed by atoms with van der Waals surface area (Å²) in [4.78, 5) is 2.15. The fourth-order valence-electron chi connectivity index (χ4n) is 1.87. The third-order valence-electron chi connectivity index (χ3n) is 3.07. The zero-order valence-corrected chi connectivity index (χ0v) is 13.8. The molecule has 21 heavy (non-hydrogen) atoms. The average Bonchev–Trinajstić information content (AvgIpc) is 2.85. The van der Waals surface area contributed by atoms with Gasteiger partial charge in [0.2, 0.25) is 10.0 Å². The van der Waals surface area contributed by atoms with Crippen LogP contribution in [0.2, 0.25) is 0 Å². The van der Waals surface area contributed by atoms with Crippen LogP contribution in [0, 0.1) is 13.8 Å². The molecule has 0 spiro atoms. The normalized spacial score (nSPS) is 11.6. The summed E-state index contributed by atoms with van der Waals surface area (Å²) in [5.41, 5.74) is 7.00. The number of nitrogens with one attached hydrogen (secondary N) is 1. The van der Waals surface area contributed by atoms with E-state index in [2.05, 4.69) is 4.72 Å². The second kappa shape index (κ2) is 6.05. The lowest BCUT2D eigenvalue weighted by Crippen LogP contribution is -2.23. The standard InChI is InChI=1S/C14H18N2O3S2/c1-9-6-13(19-3)14(7-12(9)15)21(17,18)16-8-11-5-4-10(2)20-11/h4-7,16H,8,15H2,1-3H3.